The van der Waals surface area contributed by atoms with E-state index in [0.29, 0.717) is 0 Å². The summed E-state index contributed by atoms with van der Waals surface area (Å²) in [5, 5.41) is 7.98. The smallest absolute Gasteiger partial charge is 0.0855 e. The zero-order valence-electron chi connectivity index (χ0n) is 13.2. The van der Waals surface area contributed by atoms with Gasteiger partial charge in [0.05, 0.1) is 5.35 Å². The molecule has 0 amide bonds. The van der Waals surface area contributed by atoms with Crippen LogP contribution in [0.4, 0.5) is 0 Å². The van der Waals surface area contributed by atoms with Gasteiger partial charge in [-0.2, -0.15) is 0 Å². The largest absolute Gasteiger partial charge is 0.386 e. The summed E-state index contributed by atoms with van der Waals surface area (Å²) in [7, 11) is 0. The first-order valence-corrected chi connectivity index (χ1v) is 7.72. The Morgan fingerprint density at radius 3 is 1.95 bits per heavy atom. The van der Waals surface area contributed by atoms with Gasteiger partial charge in [-0.15, -0.1) is 0 Å². The van der Waals surface area contributed by atoms with Gasteiger partial charge in [0.1, 0.15) is 0 Å². The predicted octanol–water partition coefficient (Wildman–Crippen LogP) is 3.07. The molecular formula is C20H22N2. The summed E-state index contributed by atoms with van der Waals surface area (Å²) in [4.78, 5) is 4.17. The van der Waals surface area contributed by atoms with Crippen LogP contribution in [-0.4, -0.2) is 11.5 Å². The number of fused-ring (bicyclic) bond motifs is 2. The Morgan fingerprint density at radius 2 is 1.41 bits per heavy atom. The molecular weight excluding hydrogens is 268 g/mol. The summed E-state index contributed by atoms with van der Waals surface area (Å²) < 4.78 is 0. The lowest BCUT2D eigenvalue weighted by Gasteiger charge is -1.99. The Hall–Kier alpha value is -2.61. The Labute approximate surface area is 131 Å². The highest BCUT2D eigenvalue weighted by atomic mass is 14.8. The monoisotopic (exact) mass is 290 g/mol. The van der Waals surface area contributed by atoms with Gasteiger partial charge in [-0.05, 0) is 22.1 Å². The molecule has 1 N–H and O–H groups in total. The van der Waals surface area contributed by atoms with Crippen LogP contribution in [0.1, 0.15) is 13.8 Å². The van der Waals surface area contributed by atoms with Crippen LogP contribution < -0.4 is 15.9 Å². The number of hydrogen-bond acceptors (Lipinski definition) is 2. The summed E-state index contributed by atoms with van der Waals surface area (Å²) in [6.07, 6.45) is 5.87. The molecule has 22 heavy (non-hydrogen) atoms. The molecule has 2 heteroatoms. The Kier molecular flexibility index (Phi) is 6.18. The number of aromatic nitrogens is 1. The molecule has 0 radical (unpaired) electrons. The van der Waals surface area contributed by atoms with E-state index in [0.717, 1.165) is 11.9 Å². The van der Waals surface area contributed by atoms with Crippen molar-refractivity contribution in [1.82, 2.24) is 10.3 Å². The molecule has 0 fully saturated rings. The van der Waals surface area contributed by atoms with E-state index in [2.05, 4.69) is 71.0 Å². The molecule has 112 valence electrons. The van der Waals surface area contributed by atoms with Crippen molar-refractivity contribution in [2.75, 3.05) is 6.54 Å². The number of hydrogen-bond donors (Lipinski definition) is 1. The van der Waals surface area contributed by atoms with Gasteiger partial charge in [0.2, 0.25) is 0 Å². The minimum Gasteiger partial charge on any atom is -0.386 e. The lowest BCUT2D eigenvalue weighted by molar-refractivity contribution is 1.03. The highest BCUT2D eigenvalue weighted by Gasteiger charge is 1.88. The second kappa shape index (κ2) is 8.63. The van der Waals surface area contributed by atoms with Gasteiger partial charge in [-0.1, -0.05) is 74.5 Å². The van der Waals surface area contributed by atoms with Crippen LogP contribution in [0.15, 0.2) is 66.9 Å². The van der Waals surface area contributed by atoms with Crippen molar-refractivity contribution in [1.29, 1.82) is 0 Å². The summed E-state index contributed by atoms with van der Waals surface area (Å²) >= 11 is 0. The van der Waals surface area contributed by atoms with Crippen molar-refractivity contribution >= 4 is 23.0 Å². The Balaban J connectivity index is 0.000000144. The molecule has 3 aromatic rings. The average Bonchev–Trinajstić information content (AvgIpc) is 2.64. The van der Waals surface area contributed by atoms with E-state index in [1.54, 1.807) is 6.20 Å². The SMILES string of the molecule is C1=c2cccnc2=CNC1.CC.c1ccc2ccccc2c1. The van der Waals surface area contributed by atoms with Gasteiger partial charge in [0.15, 0.2) is 0 Å². The van der Waals surface area contributed by atoms with Gasteiger partial charge in [0.25, 0.3) is 0 Å². The maximum absolute atomic E-state index is 4.17. The molecule has 0 aliphatic carbocycles. The van der Waals surface area contributed by atoms with E-state index >= 15 is 0 Å². The first-order chi connectivity index (χ1) is 10.9. The van der Waals surface area contributed by atoms with E-state index in [4.69, 9.17) is 0 Å². The molecule has 0 saturated heterocycles. The maximum Gasteiger partial charge on any atom is 0.0855 e. The predicted molar refractivity (Wildman–Crippen MR) is 95.7 cm³/mol. The molecule has 4 rings (SSSR count). The highest BCUT2D eigenvalue weighted by Crippen LogP contribution is 2.11. The lowest BCUT2D eigenvalue weighted by Crippen LogP contribution is -2.34. The average molecular weight is 290 g/mol. The van der Waals surface area contributed by atoms with Crippen molar-refractivity contribution in [3.05, 3.63) is 77.4 Å². The molecule has 1 aromatic heterocycles. The number of rotatable bonds is 0. The summed E-state index contributed by atoms with van der Waals surface area (Å²) in [5.74, 6) is 0. The Morgan fingerprint density at radius 1 is 0.818 bits per heavy atom. The van der Waals surface area contributed by atoms with Crippen LogP contribution in [0.5, 0.6) is 0 Å². The van der Waals surface area contributed by atoms with Crippen molar-refractivity contribution in [3.63, 3.8) is 0 Å². The quantitative estimate of drug-likeness (QED) is 0.688. The first-order valence-electron chi connectivity index (χ1n) is 7.72. The first kappa shape index (κ1) is 15.8. The van der Waals surface area contributed by atoms with Gasteiger partial charge in [-0.3, -0.25) is 4.98 Å². The van der Waals surface area contributed by atoms with Gasteiger partial charge in [0, 0.05) is 18.9 Å². The van der Waals surface area contributed by atoms with E-state index < -0.39 is 0 Å². The summed E-state index contributed by atoms with van der Waals surface area (Å²) in [5.41, 5.74) is 0. The second-order valence-corrected chi connectivity index (χ2v) is 4.58. The topological polar surface area (TPSA) is 24.9 Å². The number of benzene rings is 2. The zero-order chi connectivity index (χ0) is 15.6. The van der Waals surface area contributed by atoms with Crippen LogP contribution >= 0.6 is 0 Å². The van der Waals surface area contributed by atoms with Gasteiger partial charge in [-0.25, -0.2) is 0 Å². The standard InChI is InChI=1S/C10H8.C8H8N2.C2H6/c1-2-6-10-8-4-3-7-9(10)5-1;1-2-7-3-5-9-6-8(7)10-4-1;1-2/h1-8H;1-4,6,9H,5H2;1-2H3. The number of nitrogens with one attached hydrogen (secondary N) is 1. The fourth-order valence-corrected chi connectivity index (χ4v) is 2.18. The third-order valence-electron chi connectivity index (χ3n) is 3.21. The normalized spacial score (nSPS) is 11.2. The minimum atomic E-state index is 0.915. The zero-order valence-corrected chi connectivity index (χ0v) is 13.2. The fourth-order valence-electron chi connectivity index (χ4n) is 2.18. The third-order valence-corrected chi connectivity index (χ3v) is 3.21. The molecule has 0 saturated carbocycles. The van der Waals surface area contributed by atoms with E-state index in [1.165, 1.54) is 16.0 Å². The molecule has 2 nitrogen and oxygen atoms in total. The Bertz CT molecular complexity index is 722. The minimum absolute atomic E-state index is 0.915. The molecule has 2 aromatic carbocycles. The molecule has 1 aliphatic heterocycles. The van der Waals surface area contributed by atoms with Crippen LogP contribution in [-0.2, 0) is 0 Å². The lowest BCUT2D eigenvalue weighted by atomic mass is 10.1. The van der Waals surface area contributed by atoms with Crippen molar-refractivity contribution in [2.24, 2.45) is 0 Å². The third kappa shape index (κ3) is 4.19. The van der Waals surface area contributed by atoms with Crippen molar-refractivity contribution in [3.8, 4) is 0 Å². The van der Waals surface area contributed by atoms with Crippen LogP contribution in [0, 0.1) is 0 Å². The van der Waals surface area contributed by atoms with Crippen LogP contribution in [0.3, 0.4) is 0 Å². The fraction of sp³-hybridized carbons (Fsp3) is 0.150. The molecule has 2 heterocycles. The van der Waals surface area contributed by atoms with Crippen LogP contribution in [0.25, 0.3) is 23.0 Å². The molecule has 1 aliphatic rings. The second-order valence-electron chi connectivity index (χ2n) is 4.58. The summed E-state index contributed by atoms with van der Waals surface area (Å²) in [6, 6.07) is 20.7. The highest BCUT2D eigenvalue weighted by molar-refractivity contribution is 5.81. The van der Waals surface area contributed by atoms with Crippen molar-refractivity contribution < 1.29 is 0 Å². The maximum atomic E-state index is 4.17. The molecule has 0 unspecified atom stereocenters. The number of nitrogens with zero attached hydrogens (tertiary/aromatic N) is 1. The molecule has 0 bridgehead atoms. The van der Waals surface area contributed by atoms with Crippen molar-refractivity contribution in [2.45, 2.75) is 13.8 Å². The van der Waals surface area contributed by atoms with Crippen LogP contribution in [0.2, 0.25) is 0 Å². The number of pyridine rings is 1. The van der Waals surface area contributed by atoms with E-state index in [9.17, 15) is 0 Å². The molecule has 0 spiro atoms. The van der Waals surface area contributed by atoms with Gasteiger partial charge >= 0.3 is 0 Å². The molecule has 0 atom stereocenters. The van der Waals surface area contributed by atoms with E-state index in [-0.39, 0.29) is 0 Å². The van der Waals surface area contributed by atoms with E-state index in [1.807, 2.05) is 26.1 Å². The summed E-state index contributed by atoms with van der Waals surface area (Å²) in [6.45, 7) is 4.92. The van der Waals surface area contributed by atoms with Gasteiger partial charge < -0.3 is 5.32 Å².